The number of imidazole rings is 1. The van der Waals surface area contributed by atoms with Crippen LogP contribution in [0, 0.1) is 6.92 Å². The molecular weight excluding hydrogens is 428 g/mol. The summed E-state index contributed by atoms with van der Waals surface area (Å²) < 4.78 is 3.65. The van der Waals surface area contributed by atoms with E-state index < -0.39 is 6.10 Å². The summed E-state index contributed by atoms with van der Waals surface area (Å²) in [5.41, 5.74) is 7.23. The number of nitrogens with zero attached hydrogens (tertiary/aromatic N) is 5. The zero-order chi connectivity index (χ0) is 23.8. The first kappa shape index (κ1) is 22.3. The second kappa shape index (κ2) is 9.02. The smallest absolute Gasteiger partial charge is 0.253 e. The highest BCUT2D eigenvalue weighted by Crippen LogP contribution is 2.28. The SMILES string of the molecule is Cc1c(Cc2ccc(-c3cnn(C)c3)nc2)cc(C(=O)N[C@@H]2CCCC[C@H]2O)c2c1ncn2C. The maximum atomic E-state index is 13.4. The van der Waals surface area contributed by atoms with Crippen LogP contribution in [-0.4, -0.2) is 47.5 Å². The number of pyridine rings is 1. The summed E-state index contributed by atoms with van der Waals surface area (Å²) in [5.74, 6) is -0.161. The van der Waals surface area contributed by atoms with Crippen molar-refractivity contribution in [3.8, 4) is 11.3 Å². The highest BCUT2D eigenvalue weighted by molar-refractivity contribution is 6.06. The maximum absolute atomic E-state index is 13.4. The molecule has 0 radical (unpaired) electrons. The van der Waals surface area contributed by atoms with Gasteiger partial charge in [-0.3, -0.25) is 14.5 Å². The molecule has 176 valence electrons. The number of aliphatic hydroxyl groups is 1. The lowest BCUT2D eigenvalue weighted by molar-refractivity contribution is 0.0718. The first-order valence-electron chi connectivity index (χ1n) is 11.8. The molecule has 0 aliphatic heterocycles. The van der Waals surface area contributed by atoms with Crippen molar-refractivity contribution in [1.29, 1.82) is 0 Å². The minimum Gasteiger partial charge on any atom is -0.391 e. The Morgan fingerprint density at radius 1 is 1.18 bits per heavy atom. The zero-order valence-electron chi connectivity index (χ0n) is 19.8. The predicted octanol–water partition coefficient (Wildman–Crippen LogP) is 3.30. The second-order valence-electron chi connectivity index (χ2n) is 9.32. The number of hydrogen-bond donors (Lipinski definition) is 2. The van der Waals surface area contributed by atoms with E-state index in [0.717, 1.165) is 64.7 Å². The average molecular weight is 459 g/mol. The quantitative estimate of drug-likeness (QED) is 0.478. The van der Waals surface area contributed by atoms with Crippen molar-refractivity contribution in [2.24, 2.45) is 14.1 Å². The van der Waals surface area contributed by atoms with Crippen LogP contribution in [0.3, 0.4) is 0 Å². The van der Waals surface area contributed by atoms with E-state index in [1.54, 1.807) is 17.2 Å². The monoisotopic (exact) mass is 458 g/mol. The number of nitrogens with one attached hydrogen (secondary N) is 1. The van der Waals surface area contributed by atoms with Gasteiger partial charge in [-0.1, -0.05) is 18.9 Å². The standard InChI is InChI=1S/C26H30N6O2/c1-16-18(10-17-8-9-21(27-12-17)19-13-29-32(3)14-19)11-20(25-24(16)28-15-31(25)2)26(34)30-22-6-4-5-7-23(22)33/h8-9,11-15,22-23,33H,4-7,10H2,1-3H3,(H,30,34)/t22-,23-/m1/s1. The normalized spacial score (nSPS) is 18.4. The molecule has 34 heavy (non-hydrogen) atoms. The fourth-order valence-corrected chi connectivity index (χ4v) is 4.88. The summed E-state index contributed by atoms with van der Waals surface area (Å²) in [5, 5.41) is 17.6. The molecule has 2 N–H and O–H groups in total. The fraction of sp³-hybridized carbons (Fsp3) is 0.385. The van der Waals surface area contributed by atoms with Gasteiger partial charge in [0, 0.05) is 32.1 Å². The molecule has 8 nitrogen and oxygen atoms in total. The number of carbonyl (C=O) groups is 1. The van der Waals surface area contributed by atoms with Crippen molar-refractivity contribution in [3.63, 3.8) is 0 Å². The van der Waals surface area contributed by atoms with Crippen LogP contribution < -0.4 is 5.32 Å². The van der Waals surface area contributed by atoms with E-state index >= 15 is 0 Å². The minimum absolute atomic E-state index is 0.161. The van der Waals surface area contributed by atoms with Gasteiger partial charge in [0.25, 0.3) is 5.91 Å². The van der Waals surface area contributed by atoms with E-state index in [1.807, 2.05) is 43.2 Å². The average Bonchev–Trinajstić information content (AvgIpc) is 3.44. The van der Waals surface area contributed by atoms with E-state index in [9.17, 15) is 9.90 Å². The van der Waals surface area contributed by atoms with Crippen molar-refractivity contribution in [3.05, 3.63) is 65.4 Å². The van der Waals surface area contributed by atoms with Crippen LogP contribution in [0.4, 0.5) is 0 Å². The van der Waals surface area contributed by atoms with E-state index in [0.29, 0.717) is 12.0 Å². The van der Waals surface area contributed by atoms with E-state index in [2.05, 4.69) is 33.4 Å². The van der Waals surface area contributed by atoms with Gasteiger partial charge in [-0.05, 0) is 55.0 Å². The molecule has 2 atom stereocenters. The highest BCUT2D eigenvalue weighted by atomic mass is 16.3. The molecule has 1 saturated carbocycles. The van der Waals surface area contributed by atoms with Crippen LogP contribution in [0.15, 0.2) is 43.1 Å². The summed E-state index contributed by atoms with van der Waals surface area (Å²) in [6.07, 6.45) is 11.1. The Kier molecular flexibility index (Phi) is 5.91. The molecule has 0 unspecified atom stereocenters. The van der Waals surface area contributed by atoms with Gasteiger partial charge in [-0.25, -0.2) is 4.98 Å². The molecule has 1 aromatic carbocycles. The first-order chi connectivity index (χ1) is 16.4. The van der Waals surface area contributed by atoms with Crippen LogP contribution in [0.1, 0.15) is 52.7 Å². The summed E-state index contributed by atoms with van der Waals surface area (Å²) in [7, 11) is 3.79. The van der Waals surface area contributed by atoms with Crippen molar-refractivity contribution >= 4 is 16.9 Å². The molecule has 0 spiro atoms. The third-order valence-corrected chi connectivity index (χ3v) is 6.86. The number of carbonyl (C=O) groups excluding carboxylic acids is 1. The Bertz CT molecular complexity index is 1340. The van der Waals surface area contributed by atoms with Crippen molar-refractivity contribution in [2.75, 3.05) is 0 Å². The first-order valence-corrected chi connectivity index (χ1v) is 11.8. The number of benzene rings is 1. The predicted molar refractivity (Wildman–Crippen MR) is 130 cm³/mol. The zero-order valence-corrected chi connectivity index (χ0v) is 19.8. The summed E-state index contributed by atoms with van der Waals surface area (Å²) in [6, 6.07) is 5.83. The molecule has 3 aromatic heterocycles. The largest absolute Gasteiger partial charge is 0.391 e. The lowest BCUT2D eigenvalue weighted by Crippen LogP contribution is -2.45. The molecule has 1 aliphatic carbocycles. The lowest BCUT2D eigenvalue weighted by Gasteiger charge is -2.28. The van der Waals surface area contributed by atoms with Gasteiger partial charge in [-0.15, -0.1) is 0 Å². The third kappa shape index (κ3) is 4.21. The summed E-state index contributed by atoms with van der Waals surface area (Å²) >= 11 is 0. The van der Waals surface area contributed by atoms with E-state index in [1.165, 1.54) is 0 Å². The summed E-state index contributed by atoms with van der Waals surface area (Å²) in [6.45, 7) is 2.05. The van der Waals surface area contributed by atoms with Crippen LogP contribution >= 0.6 is 0 Å². The lowest BCUT2D eigenvalue weighted by atomic mass is 9.92. The van der Waals surface area contributed by atoms with Gasteiger partial charge in [0.1, 0.15) is 0 Å². The maximum Gasteiger partial charge on any atom is 0.253 e. The van der Waals surface area contributed by atoms with Gasteiger partial charge in [-0.2, -0.15) is 5.10 Å². The van der Waals surface area contributed by atoms with Crippen molar-refractivity contribution in [1.82, 2.24) is 29.6 Å². The van der Waals surface area contributed by atoms with Gasteiger partial charge in [0.15, 0.2) is 0 Å². The fourth-order valence-electron chi connectivity index (χ4n) is 4.88. The molecule has 0 bridgehead atoms. The van der Waals surface area contributed by atoms with Crippen LogP contribution in [0.25, 0.3) is 22.3 Å². The number of hydrogen-bond acceptors (Lipinski definition) is 5. The molecule has 3 heterocycles. The van der Waals surface area contributed by atoms with Crippen LogP contribution in [0.5, 0.6) is 0 Å². The molecule has 1 fully saturated rings. The number of amides is 1. The number of rotatable bonds is 5. The number of aromatic nitrogens is 5. The number of fused-ring (bicyclic) bond motifs is 1. The molecule has 4 aromatic rings. The Labute approximate surface area is 198 Å². The minimum atomic E-state index is -0.492. The van der Waals surface area contributed by atoms with Crippen LogP contribution in [-0.2, 0) is 20.5 Å². The molecule has 1 aliphatic rings. The third-order valence-electron chi connectivity index (χ3n) is 6.86. The number of aryl methyl sites for hydroxylation is 3. The second-order valence-corrected chi connectivity index (χ2v) is 9.32. The molecular formula is C26H30N6O2. The van der Waals surface area contributed by atoms with Gasteiger partial charge < -0.3 is 15.0 Å². The van der Waals surface area contributed by atoms with Gasteiger partial charge in [0.05, 0.1) is 47.0 Å². The van der Waals surface area contributed by atoms with Gasteiger partial charge in [0.2, 0.25) is 0 Å². The van der Waals surface area contributed by atoms with E-state index in [4.69, 9.17) is 0 Å². The molecule has 1 amide bonds. The number of aliphatic hydroxyl groups excluding tert-OH is 1. The highest BCUT2D eigenvalue weighted by Gasteiger charge is 2.26. The molecule has 0 saturated heterocycles. The topological polar surface area (TPSA) is 97.9 Å². The van der Waals surface area contributed by atoms with Crippen molar-refractivity contribution in [2.45, 2.75) is 51.2 Å². The van der Waals surface area contributed by atoms with E-state index in [-0.39, 0.29) is 11.9 Å². The Morgan fingerprint density at radius 2 is 2.00 bits per heavy atom. The van der Waals surface area contributed by atoms with Crippen LogP contribution in [0.2, 0.25) is 0 Å². The Balaban J connectivity index is 1.46. The Hall–Kier alpha value is -3.52. The molecule has 5 rings (SSSR count). The molecule has 8 heteroatoms. The summed E-state index contributed by atoms with van der Waals surface area (Å²) in [4.78, 5) is 22.6. The van der Waals surface area contributed by atoms with Crippen molar-refractivity contribution < 1.29 is 9.90 Å². The Morgan fingerprint density at radius 3 is 2.71 bits per heavy atom. The van der Waals surface area contributed by atoms with Gasteiger partial charge >= 0.3 is 0 Å².